The Morgan fingerprint density at radius 2 is 1.23 bits per heavy atom. The molecule has 73 heavy (non-hydrogen) atoms. The number of pyridine rings is 1. The Kier molecular flexibility index (Phi) is 18.3. The maximum atomic E-state index is 13.4. The lowest BCUT2D eigenvalue weighted by molar-refractivity contribution is 0.593. The summed E-state index contributed by atoms with van der Waals surface area (Å²) in [5.74, 6) is 3.36. The molecule has 0 bridgehead atoms. The Bertz CT molecular complexity index is 3350. The molecule has 0 saturated heterocycles. The van der Waals surface area contributed by atoms with Crippen molar-refractivity contribution in [1.82, 2.24) is 64.0 Å². The first kappa shape index (κ1) is 53.6. The highest BCUT2D eigenvalue weighted by atomic mass is 32.2. The lowest BCUT2D eigenvalue weighted by atomic mass is 10.1. The van der Waals surface area contributed by atoms with Crippen molar-refractivity contribution in [2.24, 2.45) is 0 Å². The van der Waals surface area contributed by atoms with Crippen molar-refractivity contribution >= 4 is 57.5 Å². The standard InChI is InChI=1S/C26H26N8OS.C25H30N8OS.C2H6/c1-15(2)34-25-20(13-29-23(33-25)21-16(3)30-14-31-22(21)18-6-7-18)32-24(26(34)35)28-12-17-4-8-19(9-5-17)36-11-10-27;1-6-8-19-21(16(5)29-14-30-19)22-28-13-20-24(32-22)33(15(3)4)25(34)23(31-20)27-11-17-9-10-18(12-26-17)35-7-2;1-2/h4-5,8-9,13-15,18H,6-7,11-12H2,1-3H3,(H,28,32);9-10,12-15H,6-8,11H2,1-5H3,(H,27,31);1-2H3. The van der Waals surface area contributed by atoms with Crippen LogP contribution in [0.4, 0.5) is 11.6 Å². The van der Waals surface area contributed by atoms with Gasteiger partial charge in [-0.25, -0.2) is 49.8 Å². The fraction of sp³-hybridized carbons (Fsp3) is 0.396. The number of hydrogen-bond donors (Lipinski definition) is 2. The van der Waals surface area contributed by atoms with Crippen LogP contribution >= 0.6 is 23.5 Å². The Balaban J connectivity index is 0.000000207. The summed E-state index contributed by atoms with van der Waals surface area (Å²) in [5.41, 5.74) is 8.63. The molecule has 18 nitrogen and oxygen atoms in total. The first-order valence-electron chi connectivity index (χ1n) is 24.7. The summed E-state index contributed by atoms with van der Waals surface area (Å²) in [4.78, 5) is 79.1. The van der Waals surface area contributed by atoms with Crippen LogP contribution in [-0.2, 0) is 19.5 Å². The summed E-state index contributed by atoms with van der Waals surface area (Å²) in [6.45, 7) is 20.7. The number of nitriles is 1. The number of aryl methyl sites for hydroxylation is 3. The van der Waals surface area contributed by atoms with Gasteiger partial charge in [-0.15, -0.1) is 23.5 Å². The molecule has 7 aromatic heterocycles. The van der Waals surface area contributed by atoms with E-state index in [0.29, 0.717) is 58.7 Å². The minimum atomic E-state index is -0.231. The molecule has 1 saturated carbocycles. The van der Waals surface area contributed by atoms with Gasteiger partial charge in [0.05, 0.1) is 70.4 Å². The van der Waals surface area contributed by atoms with Crippen molar-refractivity contribution in [2.75, 3.05) is 22.1 Å². The molecule has 0 unspecified atom stereocenters. The molecular formula is C53H62N16O2S2. The minimum Gasteiger partial charge on any atom is -0.361 e. The van der Waals surface area contributed by atoms with E-state index in [9.17, 15) is 9.59 Å². The zero-order chi connectivity index (χ0) is 52.2. The summed E-state index contributed by atoms with van der Waals surface area (Å²) in [5, 5.41) is 15.1. The number of hydrogen-bond acceptors (Lipinski definition) is 18. The quantitative estimate of drug-likeness (QED) is 0.0807. The molecule has 0 atom stereocenters. The second-order valence-electron chi connectivity index (χ2n) is 17.5. The maximum Gasteiger partial charge on any atom is 0.295 e. The van der Waals surface area contributed by atoms with Gasteiger partial charge in [-0.2, -0.15) is 5.26 Å². The number of benzene rings is 1. The van der Waals surface area contributed by atoms with Gasteiger partial charge in [0.2, 0.25) is 0 Å². The van der Waals surface area contributed by atoms with Crippen LogP contribution in [0.5, 0.6) is 0 Å². The van der Waals surface area contributed by atoms with Crippen LogP contribution in [0.3, 0.4) is 0 Å². The molecule has 0 amide bonds. The second kappa shape index (κ2) is 24.9. The van der Waals surface area contributed by atoms with Crippen molar-refractivity contribution in [3.8, 4) is 28.8 Å². The van der Waals surface area contributed by atoms with E-state index >= 15 is 0 Å². The van der Waals surface area contributed by atoms with Gasteiger partial charge in [0, 0.05) is 40.5 Å². The fourth-order valence-corrected chi connectivity index (χ4v) is 9.24. The first-order chi connectivity index (χ1) is 35.4. The van der Waals surface area contributed by atoms with Crippen LogP contribution in [0.1, 0.15) is 127 Å². The summed E-state index contributed by atoms with van der Waals surface area (Å²) < 4.78 is 3.32. The van der Waals surface area contributed by atoms with Crippen molar-refractivity contribution < 1.29 is 0 Å². The number of nitrogens with one attached hydrogen (secondary N) is 2. The molecule has 1 aliphatic rings. The highest BCUT2D eigenvalue weighted by Gasteiger charge is 2.30. The van der Waals surface area contributed by atoms with Gasteiger partial charge in [0.25, 0.3) is 11.1 Å². The van der Waals surface area contributed by atoms with Gasteiger partial charge in [-0.3, -0.25) is 23.7 Å². The van der Waals surface area contributed by atoms with E-state index in [-0.39, 0.29) is 34.8 Å². The molecule has 1 aliphatic carbocycles. The Labute approximate surface area is 433 Å². The van der Waals surface area contributed by atoms with E-state index in [0.717, 1.165) is 86.4 Å². The normalized spacial score (nSPS) is 12.0. The topological polar surface area (TPSA) is 234 Å². The molecule has 7 heterocycles. The van der Waals surface area contributed by atoms with Gasteiger partial charge in [-0.1, -0.05) is 46.2 Å². The Morgan fingerprint density at radius 3 is 1.77 bits per heavy atom. The Hall–Kier alpha value is -7.24. The highest BCUT2D eigenvalue weighted by molar-refractivity contribution is 7.99. The molecule has 2 N–H and O–H groups in total. The smallest absolute Gasteiger partial charge is 0.295 e. The molecular weight excluding hydrogens is 957 g/mol. The summed E-state index contributed by atoms with van der Waals surface area (Å²) in [6, 6.07) is 13.8. The third-order valence-electron chi connectivity index (χ3n) is 11.6. The SMILES string of the molecule is CC.CCCc1ncnc(C)c1-c1ncc2nc(NCc3ccc(SCC)cn3)c(=O)n(C(C)C)c2n1.Cc1ncnc(C2CC2)c1-c1ncc2nc(NCc3ccc(SCC#N)cc3)c(=O)n(C(C)C)c2n1. The van der Waals surface area contributed by atoms with E-state index in [2.05, 4.69) is 75.4 Å². The number of fused-ring (bicyclic) bond motifs is 2. The number of thioether (sulfide) groups is 2. The predicted molar refractivity (Wildman–Crippen MR) is 291 cm³/mol. The van der Waals surface area contributed by atoms with E-state index in [1.165, 1.54) is 11.8 Å². The summed E-state index contributed by atoms with van der Waals surface area (Å²) in [7, 11) is 0. The van der Waals surface area contributed by atoms with Crippen LogP contribution in [0.25, 0.3) is 45.1 Å². The van der Waals surface area contributed by atoms with Gasteiger partial charge in [-0.05, 0) is 96.4 Å². The van der Waals surface area contributed by atoms with Gasteiger partial charge in [0.1, 0.15) is 23.7 Å². The zero-order valence-corrected chi connectivity index (χ0v) is 44.8. The zero-order valence-electron chi connectivity index (χ0n) is 43.1. The largest absolute Gasteiger partial charge is 0.361 e. The summed E-state index contributed by atoms with van der Waals surface area (Å²) in [6.07, 6.45) is 12.3. The average Bonchev–Trinajstić information content (AvgIpc) is 4.24. The third kappa shape index (κ3) is 12.7. The number of nitrogens with zero attached hydrogens (tertiary/aromatic N) is 14. The first-order valence-corrected chi connectivity index (χ1v) is 26.7. The van der Waals surface area contributed by atoms with Gasteiger partial charge >= 0.3 is 0 Å². The van der Waals surface area contributed by atoms with Gasteiger partial charge in [0.15, 0.2) is 34.6 Å². The van der Waals surface area contributed by atoms with Gasteiger partial charge < -0.3 is 10.6 Å². The van der Waals surface area contributed by atoms with Crippen LogP contribution < -0.4 is 21.8 Å². The van der Waals surface area contributed by atoms with Crippen LogP contribution in [0.2, 0.25) is 0 Å². The molecule has 9 rings (SSSR count). The minimum absolute atomic E-state index is 0.122. The van der Waals surface area contributed by atoms with E-state index < -0.39 is 0 Å². The average molecular weight is 1020 g/mol. The molecule has 1 aromatic carbocycles. The van der Waals surface area contributed by atoms with Crippen molar-refractivity contribution in [3.05, 3.63) is 122 Å². The predicted octanol–water partition coefficient (Wildman–Crippen LogP) is 10.3. The monoisotopic (exact) mass is 1020 g/mol. The molecule has 0 radical (unpaired) electrons. The molecule has 20 heteroatoms. The molecule has 8 aromatic rings. The van der Waals surface area contributed by atoms with Crippen LogP contribution in [0.15, 0.2) is 87.0 Å². The molecule has 378 valence electrons. The molecule has 0 spiro atoms. The number of anilines is 2. The number of rotatable bonds is 17. The highest BCUT2D eigenvalue weighted by Crippen LogP contribution is 2.43. The van der Waals surface area contributed by atoms with E-state index in [4.69, 9.17) is 15.2 Å². The lowest BCUT2D eigenvalue weighted by Gasteiger charge is -2.16. The van der Waals surface area contributed by atoms with E-state index in [1.54, 1.807) is 45.9 Å². The number of aromatic nitrogens is 13. The molecule has 1 fully saturated rings. The van der Waals surface area contributed by atoms with Crippen molar-refractivity contribution in [1.29, 1.82) is 5.26 Å². The fourth-order valence-electron chi connectivity index (χ4n) is 8.05. The molecule has 0 aliphatic heterocycles. The van der Waals surface area contributed by atoms with Crippen LogP contribution in [-0.4, -0.2) is 75.5 Å². The van der Waals surface area contributed by atoms with Crippen LogP contribution in [0, 0.1) is 25.2 Å². The van der Waals surface area contributed by atoms with Crippen molar-refractivity contribution in [2.45, 2.75) is 136 Å². The lowest BCUT2D eigenvalue weighted by Crippen LogP contribution is -2.27. The van der Waals surface area contributed by atoms with Crippen molar-refractivity contribution in [3.63, 3.8) is 0 Å². The maximum absolute atomic E-state index is 13.4. The third-order valence-corrected chi connectivity index (χ3v) is 13.4. The second-order valence-corrected chi connectivity index (χ2v) is 19.9. The van der Waals surface area contributed by atoms with E-state index in [1.807, 2.05) is 98.0 Å². The Morgan fingerprint density at radius 1 is 0.671 bits per heavy atom. The summed E-state index contributed by atoms with van der Waals surface area (Å²) >= 11 is 3.23.